The summed E-state index contributed by atoms with van der Waals surface area (Å²) in [6, 6.07) is 31.3. The highest BCUT2D eigenvalue weighted by molar-refractivity contribution is 5.49. The first-order valence-electron chi connectivity index (χ1n) is 11.9. The third-order valence-corrected chi connectivity index (χ3v) is 6.68. The summed E-state index contributed by atoms with van der Waals surface area (Å²) in [5.41, 5.74) is 3.66. The second-order valence-corrected chi connectivity index (χ2v) is 8.90. The minimum Gasteiger partial charge on any atom is -0.376 e. The van der Waals surface area contributed by atoms with Crippen molar-refractivity contribution in [3.05, 3.63) is 126 Å². The van der Waals surface area contributed by atoms with Gasteiger partial charge in [0.2, 0.25) is 0 Å². The molecule has 0 N–H and O–H groups in total. The van der Waals surface area contributed by atoms with E-state index in [2.05, 4.69) is 104 Å². The van der Waals surface area contributed by atoms with Crippen molar-refractivity contribution < 1.29 is 9.47 Å². The third-order valence-electron chi connectivity index (χ3n) is 6.68. The fraction of sp³-hybridized carbons (Fsp3) is 0.290. The molecule has 0 aliphatic heterocycles. The van der Waals surface area contributed by atoms with Crippen LogP contribution in [0.25, 0.3) is 6.08 Å². The topological polar surface area (TPSA) is 18.5 Å². The van der Waals surface area contributed by atoms with Crippen LogP contribution in [-0.2, 0) is 22.7 Å². The van der Waals surface area contributed by atoms with E-state index in [0.29, 0.717) is 36.9 Å². The molecule has 4 rings (SSSR count). The zero-order valence-corrected chi connectivity index (χ0v) is 19.3. The summed E-state index contributed by atoms with van der Waals surface area (Å²) in [4.78, 5) is 0. The summed E-state index contributed by atoms with van der Waals surface area (Å²) in [5.74, 6) is 1.66. The van der Waals surface area contributed by atoms with Gasteiger partial charge in [-0.25, -0.2) is 0 Å². The lowest BCUT2D eigenvalue weighted by Crippen LogP contribution is -2.26. The van der Waals surface area contributed by atoms with E-state index in [1.54, 1.807) is 0 Å². The third kappa shape index (κ3) is 6.77. The van der Waals surface area contributed by atoms with Crippen LogP contribution in [0.5, 0.6) is 0 Å². The molecule has 2 nitrogen and oxygen atoms in total. The van der Waals surface area contributed by atoms with Crippen molar-refractivity contribution in [2.24, 2.45) is 23.7 Å². The lowest BCUT2D eigenvalue weighted by atomic mass is 9.87. The Bertz CT molecular complexity index is 981. The van der Waals surface area contributed by atoms with Gasteiger partial charge in [0.05, 0.1) is 26.4 Å². The van der Waals surface area contributed by atoms with Crippen LogP contribution in [0, 0.1) is 23.7 Å². The monoisotopic (exact) mass is 438 g/mol. The number of hydrogen-bond donors (Lipinski definition) is 0. The second-order valence-electron chi connectivity index (χ2n) is 8.90. The summed E-state index contributed by atoms with van der Waals surface area (Å²) >= 11 is 0. The van der Waals surface area contributed by atoms with Gasteiger partial charge in [0, 0.05) is 0 Å². The largest absolute Gasteiger partial charge is 0.376 e. The molecule has 0 radical (unpaired) electrons. The molecule has 3 aromatic rings. The van der Waals surface area contributed by atoms with Crippen LogP contribution in [0.3, 0.4) is 0 Å². The van der Waals surface area contributed by atoms with Gasteiger partial charge in [-0.05, 0) is 46.8 Å². The molecule has 2 heteroatoms. The first kappa shape index (κ1) is 23.2. The van der Waals surface area contributed by atoms with Gasteiger partial charge in [0.25, 0.3) is 0 Å². The normalized spacial score (nSPS) is 22.5. The maximum Gasteiger partial charge on any atom is 0.0717 e. The van der Waals surface area contributed by atoms with Crippen molar-refractivity contribution in [3.8, 4) is 0 Å². The highest BCUT2D eigenvalue weighted by Crippen LogP contribution is 2.44. The van der Waals surface area contributed by atoms with E-state index in [-0.39, 0.29) is 0 Å². The van der Waals surface area contributed by atoms with Crippen LogP contribution in [-0.4, -0.2) is 13.2 Å². The van der Waals surface area contributed by atoms with Crippen LogP contribution in [0.4, 0.5) is 0 Å². The van der Waals surface area contributed by atoms with Gasteiger partial charge in [0.1, 0.15) is 0 Å². The van der Waals surface area contributed by atoms with Crippen LogP contribution >= 0.6 is 0 Å². The molecule has 0 heterocycles. The number of ether oxygens (including phenoxy) is 2. The van der Waals surface area contributed by atoms with Gasteiger partial charge in [-0.15, -0.1) is 6.58 Å². The average molecular weight is 439 g/mol. The number of rotatable bonds is 11. The smallest absolute Gasteiger partial charge is 0.0717 e. The van der Waals surface area contributed by atoms with E-state index in [1.165, 1.54) is 16.7 Å². The molecule has 1 saturated carbocycles. The van der Waals surface area contributed by atoms with Crippen molar-refractivity contribution in [2.45, 2.75) is 19.6 Å². The molecule has 170 valence electrons. The van der Waals surface area contributed by atoms with Crippen LogP contribution in [0.1, 0.15) is 23.1 Å². The SMILES string of the molecule is C=C[C@@H]1C[C@H](/C=C/c2ccccc2)[C@@H](COCc2ccccc2)[C@H]1COCc1ccccc1. The Morgan fingerprint density at radius 1 is 0.667 bits per heavy atom. The molecule has 0 amide bonds. The molecule has 0 spiro atoms. The highest BCUT2D eigenvalue weighted by Gasteiger charge is 2.40. The van der Waals surface area contributed by atoms with Crippen molar-refractivity contribution >= 4 is 6.08 Å². The van der Waals surface area contributed by atoms with Crippen LogP contribution < -0.4 is 0 Å². The van der Waals surface area contributed by atoms with Crippen molar-refractivity contribution in [2.75, 3.05) is 13.2 Å². The average Bonchev–Trinajstić information content (AvgIpc) is 3.21. The van der Waals surface area contributed by atoms with E-state index in [0.717, 1.165) is 19.6 Å². The molecule has 0 aromatic heterocycles. The predicted molar refractivity (Wildman–Crippen MR) is 136 cm³/mol. The summed E-state index contributed by atoms with van der Waals surface area (Å²) in [7, 11) is 0. The van der Waals surface area contributed by atoms with Gasteiger partial charge in [-0.2, -0.15) is 0 Å². The lowest BCUT2D eigenvalue weighted by molar-refractivity contribution is 0.0204. The molecular weight excluding hydrogens is 404 g/mol. The fourth-order valence-corrected chi connectivity index (χ4v) is 4.86. The van der Waals surface area contributed by atoms with Crippen molar-refractivity contribution in [3.63, 3.8) is 0 Å². The van der Waals surface area contributed by atoms with Gasteiger partial charge < -0.3 is 9.47 Å². The minimum atomic E-state index is 0.396. The van der Waals surface area contributed by atoms with E-state index in [9.17, 15) is 0 Å². The van der Waals surface area contributed by atoms with Gasteiger partial charge in [0.15, 0.2) is 0 Å². The number of hydrogen-bond acceptors (Lipinski definition) is 2. The molecule has 33 heavy (non-hydrogen) atoms. The summed E-state index contributed by atoms with van der Waals surface area (Å²) in [6.45, 7) is 6.89. The lowest BCUT2D eigenvalue weighted by Gasteiger charge is -2.25. The van der Waals surface area contributed by atoms with E-state index in [1.807, 2.05) is 12.1 Å². The molecule has 0 unspecified atom stereocenters. The molecule has 1 aliphatic carbocycles. The summed E-state index contributed by atoms with van der Waals surface area (Å²) in [6.07, 6.45) is 7.84. The number of allylic oxidation sites excluding steroid dienone is 2. The van der Waals surface area contributed by atoms with E-state index < -0.39 is 0 Å². The Kier molecular flexibility index (Phi) is 8.69. The second kappa shape index (κ2) is 12.3. The first-order chi connectivity index (χ1) is 16.3. The Balaban J connectivity index is 1.44. The first-order valence-corrected chi connectivity index (χ1v) is 11.9. The fourth-order valence-electron chi connectivity index (χ4n) is 4.86. The van der Waals surface area contributed by atoms with E-state index >= 15 is 0 Å². The Morgan fingerprint density at radius 3 is 1.67 bits per heavy atom. The number of benzene rings is 3. The predicted octanol–water partition coefficient (Wildman–Crippen LogP) is 7.19. The molecule has 0 bridgehead atoms. The Morgan fingerprint density at radius 2 is 1.15 bits per heavy atom. The Labute approximate surface area is 198 Å². The summed E-state index contributed by atoms with van der Waals surface area (Å²) < 4.78 is 12.5. The van der Waals surface area contributed by atoms with Gasteiger partial charge in [-0.1, -0.05) is 109 Å². The van der Waals surface area contributed by atoms with Crippen LogP contribution in [0.15, 0.2) is 110 Å². The van der Waals surface area contributed by atoms with E-state index in [4.69, 9.17) is 9.47 Å². The zero-order valence-electron chi connectivity index (χ0n) is 19.3. The maximum atomic E-state index is 6.25. The molecule has 3 aromatic carbocycles. The van der Waals surface area contributed by atoms with Gasteiger partial charge >= 0.3 is 0 Å². The molecule has 0 saturated heterocycles. The van der Waals surface area contributed by atoms with Gasteiger partial charge in [-0.3, -0.25) is 0 Å². The summed E-state index contributed by atoms with van der Waals surface area (Å²) in [5, 5.41) is 0. The molecule has 1 fully saturated rings. The standard InChI is InChI=1S/C31H34O2/c1-2-28-20-29(19-18-25-12-6-3-7-13-25)31(24-33-22-27-16-10-5-11-17-27)30(28)23-32-21-26-14-8-4-9-15-26/h2-19,28-31H,1,20-24H2/b19-18+/t28-,29+,30+,31-/m1/s1. The van der Waals surface area contributed by atoms with Crippen molar-refractivity contribution in [1.29, 1.82) is 0 Å². The zero-order chi connectivity index (χ0) is 22.7. The molecular formula is C31H34O2. The molecule has 4 atom stereocenters. The Hall–Kier alpha value is -2.94. The molecule has 1 aliphatic rings. The van der Waals surface area contributed by atoms with Crippen molar-refractivity contribution in [1.82, 2.24) is 0 Å². The highest BCUT2D eigenvalue weighted by atomic mass is 16.5. The maximum absolute atomic E-state index is 6.25. The van der Waals surface area contributed by atoms with Crippen LogP contribution in [0.2, 0.25) is 0 Å². The minimum absolute atomic E-state index is 0.396. The quantitative estimate of drug-likeness (QED) is 0.295.